The molecule has 0 aliphatic rings. The highest BCUT2D eigenvalue weighted by Gasteiger charge is 2.11. The predicted molar refractivity (Wildman–Crippen MR) is 92.3 cm³/mol. The van der Waals surface area contributed by atoms with E-state index in [-0.39, 0.29) is 23.3 Å². The van der Waals surface area contributed by atoms with E-state index in [2.05, 4.69) is 20.8 Å². The standard InChI is InChI=1S/C15H19N5O3S/c1-3-8-20-14(23)18-19-15(20)24-9-12(21)17-11-6-4-10(5-7-11)13(22)16-2/h4-7H,3,8-9H2,1-2H3,(H,16,22)(H,17,21)(H,18,23). The Morgan fingerprint density at radius 1 is 1.29 bits per heavy atom. The normalized spacial score (nSPS) is 10.4. The first-order valence-corrected chi connectivity index (χ1v) is 8.43. The Morgan fingerprint density at radius 2 is 2.00 bits per heavy atom. The number of hydrogen-bond acceptors (Lipinski definition) is 5. The van der Waals surface area contributed by atoms with Crippen LogP contribution in [0, 0.1) is 0 Å². The summed E-state index contributed by atoms with van der Waals surface area (Å²) in [5, 5.41) is 12.1. The van der Waals surface area contributed by atoms with E-state index in [1.165, 1.54) is 16.3 Å². The molecule has 128 valence electrons. The molecule has 0 bridgehead atoms. The number of aromatic amines is 1. The van der Waals surface area contributed by atoms with E-state index in [1.807, 2.05) is 6.92 Å². The maximum atomic E-state index is 12.0. The van der Waals surface area contributed by atoms with Gasteiger partial charge in [0.1, 0.15) is 0 Å². The second-order valence-corrected chi connectivity index (χ2v) is 5.90. The lowest BCUT2D eigenvalue weighted by Gasteiger charge is -2.06. The van der Waals surface area contributed by atoms with Gasteiger partial charge in [0.15, 0.2) is 5.16 Å². The number of rotatable bonds is 7. The lowest BCUT2D eigenvalue weighted by atomic mass is 10.2. The van der Waals surface area contributed by atoms with Crippen LogP contribution in [0.15, 0.2) is 34.2 Å². The fraction of sp³-hybridized carbons (Fsp3) is 0.333. The Hall–Kier alpha value is -2.55. The lowest BCUT2D eigenvalue weighted by molar-refractivity contribution is -0.113. The second kappa shape index (κ2) is 8.34. The van der Waals surface area contributed by atoms with Crippen LogP contribution in [0.1, 0.15) is 23.7 Å². The highest BCUT2D eigenvalue weighted by atomic mass is 32.2. The summed E-state index contributed by atoms with van der Waals surface area (Å²) in [6.07, 6.45) is 0.802. The van der Waals surface area contributed by atoms with Gasteiger partial charge >= 0.3 is 5.69 Å². The first-order chi connectivity index (χ1) is 11.5. The van der Waals surface area contributed by atoms with Crippen molar-refractivity contribution in [3.63, 3.8) is 0 Å². The molecule has 0 radical (unpaired) electrons. The van der Waals surface area contributed by atoms with Crippen molar-refractivity contribution in [2.45, 2.75) is 25.0 Å². The van der Waals surface area contributed by atoms with Gasteiger partial charge in [0.2, 0.25) is 5.91 Å². The number of carbonyl (C=O) groups excluding carboxylic acids is 2. The van der Waals surface area contributed by atoms with Crippen molar-refractivity contribution in [2.75, 3.05) is 18.1 Å². The van der Waals surface area contributed by atoms with Gasteiger partial charge in [-0.1, -0.05) is 18.7 Å². The van der Waals surface area contributed by atoms with E-state index >= 15 is 0 Å². The molecule has 0 aliphatic heterocycles. The van der Waals surface area contributed by atoms with E-state index in [0.717, 1.165) is 6.42 Å². The Labute approximate surface area is 143 Å². The van der Waals surface area contributed by atoms with E-state index in [4.69, 9.17) is 0 Å². The molecule has 24 heavy (non-hydrogen) atoms. The number of amides is 2. The van der Waals surface area contributed by atoms with E-state index in [9.17, 15) is 14.4 Å². The van der Waals surface area contributed by atoms with Crippen LogP contribution in [0.5, 0.6) is 0 Å². The third-order valence-corrected chi connectivity index (χ3v) is 4.14. The number of anilines is 1. The van der Waals surface area contributed by atoms with Crippen LogP contribution < -0.4 is 16.3 Å². The van der Waals surface area contributed by atoms with Gasteiger partial charge < -0.3 is 10.6 Å². The van der Waals surface area contributed by atoms with Gasteiger partial charge in [-0.05, 0) is 30.7 Å². The number of nitrogens with one attached hydrogen (secondary N) is 3. The average Bonchev–Trinajstić information content (AvgIpc) is 2.93. The number of thioether (sulfide) groups is 1. The number of aromatic nitrogens is 3. The van der Waals surface area contributed by atoms with Crippen molar-refractivity contribution in [2.24, 2.45) is 0 Å². The number of hydrogen-bond donors (Lipinski definition) is 3. The minimum Gasteiger partial charge on any atom is -0.355 e. The van der Waals surface area contributed by atoms with Gasteiger partial charge in [0.25, 0.3) is 5.91 Å². The minimum atomic E-state index is -0.274. The third kappa shape index (κ3) is 4.48. The van der Waals surface area contributed by atoms with Crippen molar-refractivity contribution in [1.82, 2.24) is 20.1 Å². The SMILES string of the molecule is CCCn1c(SCC(=O)Nc2ccc(C(=O)NC)cc2)n[nH]c1=O. The van der Waals surface area contributed by atoms with Crippen molar-refractivity contribution in [3.8, 4) is 0 Å². The van der Waals surface area contributed by atoms with Crippen LogP contribution in [0.3, 0.4) is 0 Å². The summed E-state index contributed by atoms with van der Waals surface area (Å²) in [5.74, 6) is -0.271. The fourth-order valence-electron chi connectivity index (χ4n) is 2.01. The molecule has 0 atom stereocenters. The molecule has 2 rings (SSSR count). The zero-order chi connectivity index (χ0) is 17.5. The molecule has 1 aromatic heterocycles. The zero-order valence-corrected chi connectivity index (χ0v) is 14.3. The minimum absolute atomic E-state index is 0.130. The molecule has 0 spiro atoms. The highest BCUT2D eigenvalue weighted by Crippen LogP contribution is 2.15. The Kier molecular flexibility index (Phi) is 6.19. The smallest absolute Gasteiger partial charge is 0.343 e. The van der Waals surface area contributed by atoms with Crippen LogP contribution in [-0.4, -0.2) is 39.4 Å². The van der Waals surface area contributed by atoms with Crippen LogP contribution in [0.25, 0.3) is 0 Å². The van der Waals surface area contributed by atoms with Gasteiger partial charge in [-0.3, -0.25) is 14.2 Å². The summed E-state index contributed by atoms with van der Waals surface area (Å²) in [4.78, 5) is 35.0. The predicted octanol–water partition coefficient (Wildman–Crippen LogP) is 1.07. The number of nitrogens with zero attached hydrogens (tertiary/aromatic N) is 2. The first kappa shape index (κ1) is 17.8. The summed E-state index contributed by atoms with van der Waals surface area (Å²) in [5.41, 5.74) is 0.843. The molecular formula is C15H19N5O3S. The zero-order valence-electron chi connectivity index (χ0n) is 13.5. The third-order valence-electron chi connectivity index (χ3n) is 3.16. The molecule has 1 heterocycles. The molecule has 8 nitrogen and oxygen atoms in total. The summed E-state index contributed by atoms with van der Waals surface area (Å²) in [7, 11) is 1.56. The molecule has 0 aliphatic carbocycles. The molecule has 9 heteroatoms. The average molecular weight is 349 g/mol. The van der Waals surface area contributed by atoms with Crippen LogP contribution in [-0.2, 0) is 11.3 Å². The monoisotopic (exact) mass is 349 g/mol. The van der Waals surface area contributed by atoms with Crippen LogP contribution >= 0.6 is 11.8 Å². The van der Waals surface area contributed by atoms with Crippen molar-refractivity contribution >= 4 is 29.3 Å². The van der Waals surface area contributed by atoms with Gasteiger partial charge in [0, 0.05) is 24.8 Å². The Bertz CT molecular complexity index is 766. The van der Waals surface area contributed by atoms with Gasteiger partial charge in [-0.2, -0.15) is 0 Å². The molecule has 0 saturated carbocycles. The molecule has 0 saturated heterocycles. The topological polar surface area (TPSA) is 109 Å². The molecule has 2 aromatic rings. The first-order valence-electron chi connectivity index (χ1n) is 7.45. The molecular weight excluding hydrogens is 330 g/mol. The largest absolute Gasteiger partial charge is 0.355 e. The fourth-order valence-corrected chi connectivity index (χ4v) is 2.78. The number of benzene rings is 1. The number of carbonyl (C=O) groups is 2. The molecule has 1 aromatic carbocycles. The summed E-state index contributed by atoms with van der Waals surface area (Å²) >= 11 is 1.19. The Balaban J connectivity index is 1.92. The maximum Gasteiger partial charge on any atom is 0.343 e. The highest BCUT2D eigenvalue weighted by molar-refractivity contribution is 7.99. The quantitative estimate of drug-likeness (QED) is 0.648. The Morgan fingerprint density at radius 3 is 2.62 bits per heavy atom. The van der Waals surface area contributed by atoms with Crippen molar-refractivity contribution < 1.29 is 9.59 Å². The summed E-state index contributed by atoms with van der Waals surface area (Å²) < 4.78 is 1.51. The molecule has 0 unspecified atom stereocenters. The van der Waals surface area contributed by atoms with Crippen LogP contribution in [0.4, 0.5) is 5.69 Å². The van der Waals surface area contributed by atoms with E-state index in [0.29, 0.717) is 23.0 Å². The summed E-state index contributed by atoms with van der Waals surface area (Å²) in [6, 6.07) is 6.59. The van der Waals surface area contributed by atoms with E-state index in [1.54, 1.807) is 31.3 Å². The molecule has 3 N–H and O–H groups in total. The van der Waals surface area contributed by atoms with E-state index < -0.39 is 0 Å². The van der Waals surface area contributed by atoms with Crippen LogP contribution in [0.2, 0.25) is 0 Å². The molecule has 2 amide bonds. The van der Waals surface area contributed by atoms with Gasteiger partial charge in [-0.15, -0.1) is 5.10 Å². The maximum absolute atomic E-state index is 12.0. The van der Waals surface area contributed by atoms with Crippen molar-refractivity contribution in [1.29, 1.82) is 0 Å². The summed E-state index contributed by atoms with van der Waals surface area (Å²) in [6.45, 7) is 2.52. The van der Waals surface area contributed by atoms with Crippen molar-refractivity contribution in [3.05, 3.63) is 40.3 Å². The van der Waals surface area contributed by atoms with Gasteiger partial charge in [0.05, 0.1) is 5.75 Å². The van der Waals surface area contributed by atoms with Gasteiger partial charge in [-0.25, -0.2) is 9.89 Å². The lowest BCUT2D eigenvalue weighted by Crippen LogP contribution is -2.19. The molecule has 0 fully saturated rings. The second-order valence-electron chi connectivity index (χ2n) is 4.96. The number of H-pyrrole nitrogens is 1.